The van der Waals surface area contributed by atoms with Crippen molar-refractivity contribution >= 4 is 10.0 Å². The number of H-pyrrole nitrogens is 1. The number of aromatic nitrogens is 2. The normalized spacial score (nSPS) is 24.1. The van der Waals surface area contributed by atoms with E-state index in [1.165, 1.54) is 16.6 Å². The Labute approximate surface area is 121 Å². The van der Waals surface area contributed by atoms with Gasteiger partial charge in [-0.1, -0.05) is 6.92 Å². The molecule has 1 fully saturated rings. The minimum Gasteiger partial charge on any atom is -0.314 e. The molecule has 20 heavy (non-hydrogen) atoms. The Morgan fingerprint density at radius 2 is 2.10 bits per heavy atom. The van der Waals surface area contributed by atoms with Crippen molar-refractivity contribution in [1.29, 1.82) is 0 Å². The maximum Gasteiger partial charge on any atom is 0.259 e. The van der Waals surface area contributed by atoms with E-state index in [4.69, 9.17) is 0 Å². The van der Waals surface area contributed by atoms with Crippen LogP contribution in [0.5, 0.6) is 0 Å². The van der Waals surface area contributed by atoms with Crippen LogP contribution >= 0.6 is 0 Å². The van der Waals surface area contributed by atoms with Crippen LogP contribution in [0, 0.1) is 0 Å². The molecular formula is C13H24N4O2S. The summed E-state index contributed by atoms with van der Waals surface area (Å²) < 4.78 is 26.3. The van der Waals surface area contributed by atoms with Crippen LogP contribution in [-0.2, 0) is 10.0 Å². The molecule has 0 aliphatic heterocycles. The highest BCUT2D eigenvalue weighted by molar-refractivity contribution is 7.89. The third-order valence-electron chi connectivity index (χ3n) is 4.03. The van der Waals surface area contributed by atoms with E-state index in [0.29, 0.717) is 6.04 Å². The summed E-state index contributed by atoms with van der Waals surface area (Å²) in [6.07, 6.45) is 6.48. The summed E-state index contributed by atoms with van der Waals surface area (Å²) in [5, 5.41) is 9.95. The Kier molecular flexibility index (Phi) is 5.17. The summed E-state index contributed by atoms with van der Waals surface area (Å²) in [6.45, 7) is 3.20. The zero-order valence-electron chi connectivity index (χ0n) is 12.2. The molecule has 1 aromatic heterocycles. The molecule has 2 rings (SSSR count). The lowest BCUT2D eigenvalue weighted by Gasteiger charge is -2.34. The van der Waals surface area contributed by atoms with Crippen LogP contribution in [0.4, 0.5) is 0 Å². The van der Waals surface area contributed by atoms with E-state index in [2.05, 4.69) is 22.4 Å². The van der Waals surface area contributed by atoms with Gasteiger partial charge in [-0.05, 0) is 44.7 Å². The Balaban J connectivity index is 1.93. The second kappa shape index (κ2) is 6.69. The third kappa shape index (κ3) is 3.39. The first-order chi connectivity index (χ1) is 9.55. The van der Waals surface area contributed by atoms with Gasteiger partial charge in [-0.25, -0.2) is 8.42 Å². The second-order valence-corrected chi connectivity index (χ2v) is 7.37. The highest BCUT2D eigenvalue weighted by Gasteiger charge is 2.31. The van der Waals surface area contributed by atoms with Gasteiger partial charge in [0.05, 0.1) is 6.20 Å². The average Bonchev–Trinajstić information content (AvgIpc) is 3.00. The first-order valence-electron chi connectivity index (χ1n) is 7.26. The third-order valence-corrected chi connectivity index (χ3v) is 5.87. The van der Waals surface area contributed by atoms with E-state index in [-0.39, 0.29) is 11.1 Å². The van der Waals surface area contributed by atoms with Crippen LogP contribution in [0.1, 0.15) is 39.0 Å². The summed E-state index contributed by atoms with van der Waals surface area (Å²) in [7, 11) is -1.77. The molecule has 0 bridgehead atoms. The molecule has 0 atom stereocenters. The smallest absolute Gasteiger partial charge is 0.259 e. The quantitative estimate of drug-likeness (QED) is 0.831. The van der Waals surface area contributed by atoms with Gasteiger partial charge in [0.2, 0.25) is 0 Å². The van der Waals surface area contributed by atoms with Crippen molar-refractivity contribution in [2.24, 2.45) is 0 Å². The minimum atomic E-state index is -3.43. The number of rotatable bonds is 6. The maximum atomic E-state index is 12.4. The molecule has 2 N–H and O–H groups in total. The van der Waals surface area contributed by atoms with Gasteiger partial charge in [0.25, 0.3) is 10.0 Å². The fourth-order valence-corrected chi connectivity index (χ4v) is 4.04. The van der Waals surface area contributed by atoms with Crippen LogP contribution in [0.25, 0.3) is 0 Å². The molecule has 0 amide bonds. The van der Waals surface area contributed by atoms with E-state index >= 15 is 0 Å². The zero-order valence-corrected chi connectivity index (χ0v) is 13.0. The molecular weight excluding hydrogens is 276 g/mol. The predicted octanol–water partition coefficient (Wildman–Crippen LogP) is 1.34. The fraction of sp³-hybridized carbons (Fsp3) is 0.769. The van der Waals surface area contributed by atoms with E-state index < -0.39 is 10.0 Å². The number of aromatic amines is 1. The number of sulfonamides is 1. The molecule has 0 saturated heterocycles. The van der Waals surface area contributed by atoms with E-state index in [1.54, 1.807) is 7.05 Å². The average molecular weight is 300 g/mol. The van der Waals surface area contributed by atoms with Gasteiger partial charge in [-0.15, -0.1) is 0 Å². The van der Waals surface area contributed by atoms with E-state index in [1.807, 2.05) is 0 Å². The molecule has 1 saturated carbocycles. The van der Waals surface area contributed by atoms with Gasteiger partial charge >= 0.3 is 0 Å². The first-order valence-corrected chi connectivity index (χ1v) is 8.70. The van der Waals surface area contributed by atoms with Gasteiger partial charge in [0, 0.05) is 19.1 Å². The Morgan fingerprint density at radius 3 is 2.65 bits per heavy atom. The second-order valence-electron chi connectivity index (χ2n) is 5.40. The molecule has 1 aliphatic rings. The van der Waals surface area contributed by atoms with Crippen molar-refractivity contribution in [3.8, 4) is 0 Å². The minimum absolute atomic E-state index is 0.0861. The molecule has 7 heteroatoms. The van der Waals surface area contributed by atoms with Crippen molar-refractivity contribution in [3.63, 3.8) is 0 Å². The standard InChI is InChI=1S/C13H24N4O2S/c1-3-9-14-11-4-6-12(7-5-11)17(2)20(18,19)13-8-10-15-16-13/h8,10-12,14H,3-7,9H2,1-2H3,(H,15,16). The van der Waals surface area contributed by atoms with Gasteiger partial charge in [0.1, 0.15) is 0 Å². The Bertz CT molecular complexity index is 492. The van der Waals surface area contributed by atoms with Crippen LogP contribution in [-0.4, -0.2) is 48.6 Å². The Hall–Kier alpha value is -0.920. The van der Waals surface area contributed by atoms with Crippen molar-refractivity contribution < 1.29 is 8.42 Å². The largest absolute Gasteiger partial charge is 0.314 e. The van der Waals surface area contributed by atoms with Gasteiger partial charge in [-0.3, -0.25) is 5.10 Å². The Morgan fingerprint density at radius 1 is 1.40 bits per heavy atom. The summed E-state index contributed by atoms with van der Waals surface area (Å²) in [6, 6.07) is 2.12. The predicted molar refractivity (Wildman–Crippen MR) is 77.9 cm³/mol. The summed E-state index contributed by atoms with van der Waals surface area (Å²) in [5.41, 5.74) is 0. The number of nitrogens with one attached hydrogen (secondary N) is 2. The highest BCUT2D eigenvalue weighted by Crippen LogP contribution is 2.26. The number of hydrogen-bond donors (Lipinski definition) is 2. The molecule has 6 nitrogen and oxygen atoms in total. The maximum absolute atomic E-state index is 12.4. The molecule has 0 spiro atoms. The van der Waals surface area contributed by atoms with Crippen LogP contribution < -0.4 is 5.32 Å². The molecule has 1 heterocycles. The van der Waals surface area contributed by atoms with Crippen molar-refractivity contribution in [1.82, 2.24) is 19.8 Å². The number of hydrogen-bond acceptors (Lipinski definition) is 4. The van der Waals surface area contributed by atoms with E-state index in [9.17, 15) is 8.42 Å². The van der Waals surface area contributed by atoms with Crippen LogP contribution in [0.2, 0.25) is 0 Å². The molecule has 0 unspecified atom stereocenters. The lowest BCUT2D eigenvalue weighted by atomic mass is 9.91. The molecule has 1 aromatic rings. The summed E-state index contributed by atoms with van der Waals surface area (Å²) >= 11 is 0. The molecule has 0 aromatic carbocycles. The van der Waals surface area contributed by atoms with Crippen molar-refractivity contribution in [2.75, 3.05) is 13.6 Å². The van der Waals surface area contributed by atoms with E-state index in [0.717, 1.165) is 38.6 Å². The molecule has 114 valence electrons. The first kappa shape index (κ1) is 15.5. The zero-order chi connectivity index (χ0) is 14.6. The lowest BCUT2D eigenvalue weighted by Crippen LogP contribution is -2.43. The summed E-state index contributed by atoms with van der Waals surface area (Å²) in [4.78, 5) is 0. The topological polar surface area (TPSA) is 78.1 Å². The van der Waals surface area contributed by atoms with Gasteiger partial charge in [-0.2, -0.15) is 9.40 Å². The van der Waals surface area contributed by atoms with Crippen LogP contribution in [0.15, 0.2) is 17.3 Å². The number of nitrogens with zero attached hydrogens (tertiary/aromatic N) is 2. The van der Waals surface area contributed by atoms with Gasteiger partial charge < -0.3 is 5.32 Å². The van der Waals surface area contributed by atoms with Crippen molar-refractivity contribution in [3.05, 3.63) is 12.3 Å². The van der Waals surface area contributed by atoms with Crippen LogP contribution in [0.3, 0.4) is 0 Å². The van der Waals surface area contributed by atoms with Gasteiger partial charge in [0.15, 0.2) is 5.03 Å². The highest BCUT2D eigenvalue weighted by atomic mass is 32.2. The lowest BCUT2D eigenvalue weighted by molar-refractivity contribution is 0.249. The molecule has 0 radical (unpaired) electrons. The fourth-order valence-electron chi connectivity index (χ4n) is 2.73. The molecule has 1 aliphatic carbocycles. The SMILES string of the molecule is CCCNC1CCC(N(C)S(=O)(=O)c2ccn[nH]2)CC1. The van der Waals surface area contributed by atoms with Crippen molar-refractivity contribution in [2.45, 2.75) is 56.1 Å². The summed E-state index contributed by atoms with van der Waals surface area (Å²) in [5.74, 6) is 0. The monoisotopic (exact) mass is 300 g/mol.